The molecular weight excluding hydrogens is 308 g/mol. The van der Waals surface area contributed by atoms with Crippen molar-refractivity contribution in [3.63, 3.8) is 0 Å². The average Bonchev–Trinajstić information content (AvgIpc) is 2.95. The van der Waals surface area contributed by atoms with E-state index in [1.807, 2.05) is 0 Å². The summed E-state index contributed by atoms with van der Waals surface area (Å²) in [5.74, 6) is -0.626. The molecule has 7 heteroatoms. The second-order valence-electron chi connectivity index (χ2n) is 3.55. The third-order valence-electron chi connectivity index (χ3n) is 2.32. The molecule has 1 aromatic heterocycles. The number of thiophene rings is 1. The summed E-state index contributed by atoms with van der Waals surface area (Å²) in [6.07, 6.45) is 1.14. The number of nitrogens with one attached hydrogen (secondary N) is 2. The lowest BCUT2D eigenvalue weighted by molar-refractivity contribution is -0.130. The third-order valence-corrected chi connectivity index (χ3v) is 3.94. The van der Waals surface area contributed by atoms with Crippen LogP contribution in [0.2, 0.25) is 0 Å². The Morgan fingerprint density at radius 3 is 2.82 bits per heavy atom. The molecule has 2 heterocycles. The van der Waals surface area contributed by atoms with E-state index < -0.39 is 6.10 Å². The maximum atomic E-state index is 11.6. The van der Waals surface area contributed by atoms with Crippen LogP contribution >= 0.6 is 27.3 Å². The zero-order chi connectivity index (χ0) is 12.3. The molecule has 1 aliphatic rings. The molecule has 2 rings (SSSR count). The summed E-state index contributed by atoms with van der Waals surface area (Å²) in [6.45, 7) is 0.601. The van der Waals surface area contributed by atoms with Crippen LogP contribution in [0.15, 0.2) is 15.9 Å². The third kappa shape index (κ3) is 3.27. The van der Waals surface area contributed by atoms with Crippen LogP contribution in [0, 0.1) is 0 Å². The maximum Gasteiger partial charge on any atom is 0.279 e. The first-order valence-electron chi connectivity index (χ1n) is 5.14. The fraction of sp³-hybridized carbons (Fsp3) is 0.400. The molecule has 0 bridgehead atoms. The van der Waals surface area contributed by atoms with Gasteiger partial charge in [-0.2, -0.15) is 0 Å². The van der Waals surface area contributed by atoms with E-state index in [-0.39, 0.29) is 11.8 Å². The molecule has 0 saturated carbocycles. The molecule has 17 heavy (non-hydrogen) atoms. The van der Waals surface area contributed by atoms with E-state index in [1.54, 1.807) is 12.1 Å². The number of hydrogen-bond donors (Lipinski definition) is 2. The second kappa shape index (κ2) is 5.61. The molecule has 92 valence electrons. The van der Waals surface area contributed by atoms with Crippen LogP contribution in [0.3, 0.4) is 0 Å². The molecule has 0 radical (unpaired) electrons. The summed E-state index contributed by atoms with van der Waals surface area (Å²) in [4.78, 5) is 23.7. The Bertz CT molecular complexity index is 429. The van der Waals surface area contributed by atoms with Gasteiger partial charge >= 0.3 is 0 Å². The van der Waals surface area contributed by atoms with E-state index in [0.29, 0.717) is 17.9 Å². The minimum absolute atomic E-state index is 0.300. The number of rotatable bonds is 2. The molecule has 1 saturated heterocycles. The summed E-state index contributed by atoms with van der Waals surface area (Å²) < 4.78 is 6.06. The molecule has 1 aromatic rings. The molecule has 1 unspecified atom stereocenters. The number of amides is 2. The van der Waals surface area contributed by atoms with E-state index >= 15 is 0 Å². The summed E-state index contributed by atoms with van der Waals surface area (Å²) in [7, 11) is 0. The normalized spacial score (nSPS) is 19.0. The van der Waals surface area contributed by atoms with Gasteiger partial charge in [0.1, 0.15) is 6.10 Å². The molecular formula is C10H11BrN2O3S. The van der Waals surface area contributed by atoms with E-state index in [2.05, 4.69) is 26.8 Å². The lowest BCUT2D eigenvalue weighted by Crippen LogP contribution is -2.46. The fourth-order valence-electron chi connectivity index (χ4n) is 1.48. The number of hydrazine groups is 1. The minimum atomic E-state index is -0.439. The lowest BCUT2D eigenvalue weighted by atomic mass is 10.2. The maximum absolute atomic E-state index is 11.6. The van der Waals surface area contributed by atoms with Crippen LogP contribution < -0.4 is 10.9 Å². The Balaban J connectivity index is 1.81. The topological polar surface area (TPSA) is 67.4 Å². The van der Waals surface area contributed by atoms with Gasteiger partial charge in [-0.1, -0.05) is 0 Å². The quantitative estimate of drug-likeness (QED) is 0.811. The molecule has 1 fully saturated rings. The second-order valence-corrected chi connectivity index (χ2v) is 6.01. The lowest BCUT2D eigenvalue weighted by Gasteiger charge is -2.10. The molecule has 0 spiro atoms. The highest BCUT2D eigenvalue weighted by Gasteiger charge is 2.23. The van der Waals surface area contributed by atoms with Crippen molar-refractivity contribution < 1.29 is 14.3 Å². The van der Waals surface area contributed by atoms with Crippen LogP contribution in [0.1, 0.15) is 22.5 Å². The van der Waals surface area contributed by atoms with E-state index in [9.17, 15) is 9.59 Å². The summed E-state index contributed by atoms with van der Waals surface area (Å²) in [5, 5.41) is 0. The Morgan fingerprint density at radius 2 is 2.24 bits per heavy atom. The van der Waals surface area contributed by atoms with Gasteiger partial charge in [-0.05, 0) is 40.9 Å². The Hall–Kier alpha value is -0.920. The van der Waals surface area contributed by atoms with Crippen molar-refractivity contribution in [2.75, 3.05) is 6.61 Å². The number of carbonyl (C=O) groups excluding carboxylic acids is 2. The van der Waals surface area contributed by atoms with Gasteiger partial charge in [0.05, 0.1) is 8.66 Å². The van der Waals surface area contributed by atoms with Crippen LogP contribution in [0.5, 0.6) is 0 Å². The number of ether oxygens (including phenoxy) is 1. The highest BCUT2D eigenvalue weighted by molar-refractivity contribution is 9.11. The van der Waals surface area contributed by atoms with Gasteiger partial charge in [-0.3, -0.25) is 20.4 Å². The fourth-order valence-corrected chi connectivity index (χ4v) is 2.76. The summed E-state index contributed by atoms with van der Waals surface area (Å²) in [6, 6.07) is 3.46. The van der Waals surface area contributed by atoms with Crippen LogP contribution in [-0.4, -0.2) is 24.5 Å². The molecule has 1 aliphatic heterocycles. The van der Waals surface area contributed by atoms with Crippen molar-refractivity contribution in [3.8, 4) is 0 Å². The van der Waals surface area contributed by atoms with Crippen LogP contribution in [0.4, 0.5) is 0 Å². The van der Waals surface area contributed by atoms with E-state index in [1.165, 1.54) is 11.3 Å². The standard InChI is InChI=1S/C10H11BrN2O3S/c11-8-4-3-7(17-8)10(15)13-12-9(14)6-2-1-5-16-6/h3-4,6H,1-2,5H2,(H,12,14)(H,13,15). The molecule has 0 aliphatic carbocycles. The molecule has 1 atom stereocenters. The van der Waals surface area contributed by atoms with Crippen LogP contribution in [-0.2, 0) is 9.53 Å². The van der Waals surface area contributed by atoms with Crippen molar-refractivity contribution >= 4 is 39.1 Å². The first-order valence-corrected chi connectivity index (χ1v) is 6.75. The zero-order valence-corrected chi connectivity index (χ0v) is 11.3. The largest absolute Gasteiger partial charge is 0.368 e. The highest BCUT2D eigenvalue weighted by atomic mass is 79.9. The van der Waals surface area contributed by atoms with Crippen molar-refractivity contribution in [1.29, 1.82) is 0 Å². The van der Waals surface area contributed by atoms with Crippen molar-refractivity contribution in [3.05, 3.63) is 20.8 Å². The molecule has 5 nitrogen and oxygen atoms in total. The monoisotopic (exact) mass is 318 g/mol. The van der Waals surface area contributed by atoms with E-state index in [4.69, 9.17) is 4.74 Å². The predicted molar refractivity (Wildman–Crippen MR) is 66.6 cm³/mol. The summed E-state index contributed by atoms with van der Waals surface area (Å²) in [5.41, 5.74) is 4.72. The smallest absolute Gasteiger partial charge is 0.279 e. The minimum Gasteiger partial charge on any atom is -0.368 e. The van der Waals surface area contributed by atoms with Gasteiger partial charge in [0, 0.05) is 6.61 Å². The Morgan fingerprint density at radius 1 is 1.41 bits per heavy atom. The van der Waals surface area contributed by atoms with Gasteiger partial charge < -0.3 is 4.74 Å². The molecule has 0 aromatic carbocycles. The van der Waals surface area contributed by atoms with Crippen molar-refractivity contribution in [2.24, 2.45) is 0 Å². The van der Waals surface area contributed by atoms with Gasteiger partial charge in [0.25, 0.3) is 11.8 Å². The van der Waals surface area contributed by atoms with Gasteiger partial charge in [-0.25, -0.2) is 0 Å². The summed E-state index contributed by atoms with van der Waals surface area (Å²) >= 11 is 4.57. The zero-order valence-electron chi connectivity index (χ0n) is 8.86. The van der Waals surface area contributed by atoms with Crippen molar-refractivity contribution in [1.82, 2.24) is 10.9 Å². The first kappa shape index (κ1) is 12.5. The highest BCUT2D eigenvalue weighted by Crippen LogP contribution is 2.21. The Kier molecular flexibility index (Phi) is 4.14. The van der Waals surface area contributed by atoms with E-state index in [0.717, 1.165) is 10.2 Å². The molecule has 2 amide bonds. The Labute approximate surface area is 111 Å². The van der Waals surface area contributed by atoms with Gasteiger partial charge in [-0.15, -0.1) is 11.3 Å². The van der Waals surface area contributed by atoms with Gasteiger partial charge in [0.15, 0.2) is 0 Å². The SMILES string of the molecule is O=C(NNC(=O)C1CCCO1)c1ccc(Br)s1. The van der Waals surface area contributed by atoms with Crippen molar-refractivity contribution in [2.45, 2.75) is 18.9 Å². The number of carbonyl (C=O) groups is 2. The van der Waals surface area contributed by atoms with Gasteiger partial charge in [0.2, 0.25) is 0 Å². The van der Waals surface area contributed by atoms with Crippen LogP contribution in [0.25, 0.3) is 0 Å². The first-order chi connectivity index (χ1) is 8.16. The number of hydrogen-bond acceptors (Lipinski definition) is 4. The number of halogens is 1. The average molecular weight is 319 g/mol. The molecule has 2 N–H and O–H groups in total. The predicted octanol–water partition coefficient (Wildman–Crippen LogP) is 1.45.